The molecule has 1 heterocycles. The molecule has 0 aromatic heterocycles. The number of benzene rings is 1. The maximum atomic E-state index is 10.9. The number of rotatable bonds is 3. The number of likely N-dealkylation sites (tertiary alicyclic amines) is 1. The first-order valence-electron chi connectivity index (χ1n) is 6.41. The fourth-order valence-corrected chi connectivity index (χ4v) is 2.98. The van der Waals surface area contributed by atoms with E-state index in [4.69, 9.17) is 5.11 Å². The quantitative estimate of drug-likeness (QED) is 0.928. The van der Waals surface area contributed by atoms with E-state index in [-0.39, 0.29) is 0 Å². The van der Waals surface area contributed by atoms with Crippen molar-refractivity contribution in [3.8, 4) is 0 Å². The average molecular weight is 312 g/mol. The van der Waals surface area contributed by atoms with Crippen LogP contribution in [0.15, 0.2) is 22.7 Å². The van der Waals surface area contributed by atoms with Crippen molar-refractivity contribution >= 4 is 21.9 Å². The molecule has 0 radical (unpaired) electrons. The molecule has 1 aromatic carbocycles. The van der Waals surface area contributed by atoms with Gasteiger partial charge in [-0.25, -0.2) is 4.79 Å². The Hall–Kier alpha value is -0.870. The second-order valence-corrected chi connectivity index (χ2v) is 5.66. The van der Waals surface area contributed by atoms with Crippen molar-refractivity contribution in [1.29, 1.82) is 0 Å². The lowest BCUT2D eigenvalue weighted by Gasteiger charge is -2.20. The largest absolute Gasteiger partial charge is 0.478 e. The van der Waals surface area contributed by atoms with E-state index in [1.807, 2.05) is 12.1 Å². The molecule has 0 atom stereocenters. The zero-order chi connectivity index (χ0) is 13.0. The Bertz CT molecular complexity index is 426. The van der Waals surface area contributed by atoms with Crippen LogP contribution in [0.1, 0.15) is 41.6 Å². The topological polar surface area (TPSA) is 40.5 Å². The summed E-state index contributed by atoms with van der Waals surface area (Å²) in [5, 5.41) is 8.97. The third kappa shape index (κ3) is 3.56. The van der Waals surface area contributed by atoms with Crippen LogP contribution in [0.5, 0.6) is 0 Å². The highest BCUT2D eigenvalue weighted by Gasteiger charge is 2.12. The number of carboxylic acids is 1. The lowest BCUT2D eigenvalue weighted by molar-refractivity contribution is 0.0696. The minimum atomic E-state index is -0.886. The SMILES string of the molecule is O=C(O)c1ccc(CN2CCCCCC2)cc1Br. The molecule has 2 rings (SSSR count). The van der Waals surface area contributed by atoms with Crippen LogP contribution >= 0.6 is 15.9 Å². The van der Waals surface area contributed by atoms with Gasteiger partial charge in [-0.15, -0.1) is 0 Å². The third-order valence-corrected chi connectivity index (χ3v) is 4.02. The summed E-state index contributed by atoms with van der Waals surface area (Å²) in [4.78, 5) is 13.4. The Kier molecular flexibility index (Phi) is 4.78. The highest BCUT2D eigenvalue weighted by Crippen LogP contribution is 2.20. The Morgan fingerprint density at radius 3 is 2.44 bits per heavy atom. The Balaban J connectivity index is 2.05. The molecule has 0 spiro atoms. The summed E-state index contributed by atoms with van der Waals surface area (Å²) in [6.45, 7) is 3.22. The lowest BCUT2D eigenvalue weighted by Crippen LogP contribution is -2.24. The zero-order valence-electron chi connectivity index (χ0n) is 10.4. The minimum Gasteiger partial charge on any atom is -0.478 e. The first-order valence-corrected chi connectivity index (χ1v) is 7.20. The van der Waals surface area contributed by atoms with Gasteiger partial charge < -0.3 is 5.11 Å². The van der Waals surface area contributed by atoms with Gasteiger partial charge in [-0.05, 0) is 59.6 Å². The van der Waals surface area contributed by atoms with Crippen LogP contribution in [0, 0.1) is 0 Å². The van der Waals surface area contributed by atoms with Crippen LogP contribution in [0.4, 0.5) is 0 Å². The summed E-state index contributed by atoms with van der Waals surface area (Å²) in [5.41, 5.74) is 1.50. The summed E-state index contributed by atoms with van der Waals surface area (Å²) >= 11 is 3.33. The minimum absolute atomic E-state index is 0.328. The Morgan fingerprint density at radius 1 is 1.22 bits per heavy atom. The number of hydrogen-bond acceptors (Lipinski definition) is 2. The van der Waals surface area contributed by atoms with E-state index in [9.17, 15) is 4.79 Å². The van der Waals surface area contributed by atoms with Crippen molar-refractivity contribution in [3.05, 3.63) is 33.8 Å². The number of carboxylic acid groups (broad SMARTS) is 1. The second-order valence-electron chi connectivity index (χ2n) is 4.81. The van der Waals surface area contributed by atoms with Gasteiger partial charge in [-0.1, -0.05) is 18.9 Å². The van der Waals surface area contributed by atoms with Gasteiger partial charge in [0.05, 0.1) is 5.56 Å². The van der Waals surface area contributed by atoms with Crippen molar-refractivity contribution in [2.75, 3.05) is 13.1 Å². The Morgan fingerprint density at radius 2 is 1.89 bits per heavy atom. The standard InChI is InChI=1S/C14H18BrNO2/c15-13-9-11(5-6-12(13)14(17)18)10-16-7-3-1-2-4-8-16/h5-6,9H,1-4,7-8,10H2,(H,17,18). The van der Waals surface area contributed by atoms with Gasteiger partial charge in [0.1, 0.15) is 0 Å². The van der Waals surface area contributed by atoms with E-state index < -0.39 is 5.97 Å². The van der Waals surface area contributed by atoms with Gasteiger partial charge in [0.15, 0.2) is 0 Å². The fraction of sp³-hybridized carbons (Fsp3) is 0.500. The maximum Gasteiger partial charge on any atom is 0.336 e. The lowest BCUT2D eigenvalue weighted by atomic mass is 10.1. The molecule has 1 fully saturated rings. The first kappa shape index (κ1) is 13.6. The third-order valence-electron chi connectivity index (χ3n) is 3.37. The summed E-state index contributed by atoms with van der Waals surface area (Å²) in [6.07, 6.45) is 5.21. The molecule has 1 aromatic rings. The molecule has 0 unspecified atom stereocenters. The highest BCUT2D eigenvalue weighted by atomic mass is 79.9. The first-order chi connectivity index (χ1) is 8.66. The molecule has 1 aliphatic heterocycles. The zero-order valence-corrected chi connectivity index (χ0v) is 11.9. The monoisotopic (exact) mass is 311 g/mol. The molecule has 3 nitrogen and oxygen atoms in total. The molecular weight excluding hydrogens is 294 g/mol. The summed E-state index contributed by atoms with van der Waals surface area (Å²) in [6, 6.07) is 5.52. The highest BCUT2D eigenvalue weighted by molar-refractivity contribution is 9.10. The second kappa shape index (κ2) is 6.34. The number of nitrogens with zero attached hydrogens (tertiary/aromatic N) is 1. The van der Waals surface area contributed by atoms with Crippen molar-refractivity contribution in [2.24, 2.45) is 0 Å². The molecular formula is C14H18BrNO2. The number of hydrogen-bond donors (Lipinski definition) is 1. The van der Waals surface area contributed by atoms with Gasteiger partial charge in [0.2, 0.25) is 0 Å². The Labute approximate surface area is 116 Å². The van der Waals surface area contributed by atoms with E-state index >= 15 is 0 Å². The molecule has 0 aliphatic carbocycles. The molecule has 0 amide bonds. The van der Waals surface area contributed by atoms with Crippen LogP contribution < -0.4 is 0 Å². The fourth-order valence-electron chi connectivity index (χ4n) is 2.38. The molecule has 1 saturated heterocycles. The van der Waals surface area contributed by atoms with Crippen LogP contribution in [-0.2, 0) is 6.54 Å². The summed E-state index contributed by atoms with van der Waals surface area (Å²) < 4.78 is 0.669. The van der Waals surface area contributed by atoms with E-state index in [0.29, 0.717) is 10.0 Å². The maximum absolute atomic E-state index is 10.9. The van der Waals surface area contributed by atoms with Crippen LogP contribution in [0.2, 0.25) is 0 Å². The van der Waals surface area contributed by atoms with E-state index in [2.05, 4.69) is 20.8 Å². The van der Waals surface area contributed by atoms with Crippen molar-refractivity contribution < 1.29 is 9.90 Å². The molecule has 1 N–H and O–H groups in total. The summed E-state index contributed by atoms with van der Waals surface area (Å²) in [7, 11) is 0. The van der Waals surface area contributed by atoms with E-state index in [1.165, 1.54) is 31.2 Å². The number of halogens is 1. The van der Waals surface area contributed by atoms with Crippen molar-refractivity contribution in [3.63, 3.8) is 0 Å². The van der Waals surface area contributed by atoms with Crippen molar-refractivity contribution in [1.82, 2.24) is 4.90 Å². The van der Waals surface area contributed by atoms with Gasteiger partial charge in [0, 0.05) is 11.0 Å². The molecule has 1 aliphatic rings. The van der Waals surface area contributed by atoms with E-state index in [1.54, 1.807) is 6.07 Å². The molecule has 4 heteroatoms. The van der Waals surface area contributed by atoms with Gasteiger partial charge in [-0.3, -0.25) is 4.90 Å². The number of aromatic carboxylic acids is 1. The predicted octanol–water partition coefficient (Wildman–Crippen LogP) is 3.52. The van der Waals surface area contributed by atoms with Gasteiger partial charge >= 0.3 is 5.97 Å². The van der Waals surface area contributed by atoms with Crippen molar-refractivity contribution in [2.45, 2.75) is 32.2 Å². The molecule has 0 saturated carbocycles. The van der Waals surface area contributed by atoms with Gasteiger partial charge in [0.25, 0.3) is 0 Å². The van der Waals surface area contributed by atoms with Crippen LogP contribution in [-0.4, -0.2) is 29.1 Å². The average Bonchev–Trinajstić information content (AvgIpc) is 2.57. The normalized spacial score (nSPS) is 17.4. The molecule has 98 valence electrons. The smallest absolute Gasteiger partial charge is 0.336 e. The van der Waals surface area contributed by atoms with Crippen LogP contribution in [0.3, 0.4) is 0 Å². The molecule has 18 heavy (non-hydrogen) atoms. The predicted molar refractivity (Wildman–Crippen MR) is 74.8 cm³/mol. The summed E-state index contributed by atoms with van der Waals surface area (Å²) in [5.74, 6) is -0.886. The van der Waals surface area contributed by atoms with E-state index in [0.717, 1.165) is 19.6 Å². The van der Waals surface area contributed by atoms with Crippen LogP contribution in [0.25, 0.3) is 0 Å². The molecule has 0 bridgehead atoms. The number of carbonyl (C=O) groups is 1. The van der Waals surface area contributed by atoms with Gasteiger partial charge in [-0.2, -0.15) is 0 Å².